The molecule has 3 aliphatic rings. The summed E-state index contributed by atoms with van der Waals surface area (Å²) in [5.41, 5.74) is 0. The summed E-state index contributed by atoms with van der Waals surface area (Å²) in [4.78, 5) is 17.2. The van der Waals surface area contributed by atoms with Gasteiger partial charge in [-0.3, -0.25) is 9.69 Å². The molecule has 1 amide bonds. The Morgan fingerprint density at radius 1 is 1.14 bits per heavy atom. The van der Waals surface area contributed by atoms with E-state index in [9.17, 15) is 4.79 Å². The van der Waals surface area contributed by atoms with E-state index in [0.29, 0.717) is 11.8 Å². The van der Waals surface area contributed by atoms with Crippen LogP contribution >= 0.6 is 0 Å². The number of amides is 1. The van der Waals surface area contributed by atoms with Crippen molar-refractivity contribution >= 4 is 5.91 Å². The van der Waals surface area contributed by atoms with Crippen LogP contribution in [0.1, 0.15) is 19.8 Å². The molecule has 3 fully saturated rings. The maximum atomic E-state index is 12.6. The first kappa shape index (κ1) is 15.3. The lowest BCUT2D eigenvalue weighted by Gasteiger charge is -2.37. The highest BCUT2D eigenvalue weighted by atomic mass is 16.5. The number of hydrogen-bond acceptors (Lipinski definition) is 4. The van der Waals surface area contributed by atoms with Gasteiger partial charge in [0.05, 0.1) is 19.1 Å². The lowest BCUT2D eigenvalue weighted by molar-refractivity contribution is -0.137. The summed E-state index contributed by atoms with van der Waals surface area (Å²) in [5.74, 6) is 1.84. The summed E-state index contributed by atoms with van der Waals surface area (Å²) in [7, 11) is 0. The quantitative estimate of drug-likeness (QED) is 0.819. The molecule has 0 spiro atoms. The number of morpholine rings is 1. The molecule has 5 heteroatoms. The number of nitrogens with zero attached hydrogens (tertiary/aromatic N) is 2. The molecular formula is C16H29N3O2. The van der Waals surface area contributed by atoms with Crippen molar-refractivity contribution in [2.24, 2.45) is 17.8 Å². The molecule has 0 bridgehead atoms. The molecule has 3 saturated heterocycles. The number of rotatable bonds is 3. The summed E-state index contributed by atoms with van der Waals surface area (Å²) in [5, 5.41) is 3.34. The van der Waals surface area contributed by atoms with E-state index in [0.717, 1.165) is 71.2 Å². The molecule has 3 heterocycles. The number of piperidine rings is 1. The maximum absolute atomic E-state index is 12.6. The first-order valence-corrected chi connectivity index (χ1v) is 8.53. The van der Waals surface area contributed by atoms with Gasteiger partial charge in [0, 0.05) is 39.3 Å². The molecule has 3 rings (SSSR count). The molecular weight excluding hydrogens is 266 g/mol. The van der Waals surface area contributed by atoms with E-state index < -0.39 is 0 Å². The predicted octanol–water partition coefficient (Wildman–Crippen LogP) is 0.413. The second kappa shape index (κ2) is 7.07. The van der Waals surface area contributed by atoms with Crippen LogP contribution in [0.25, 0.3) is 0 Å². The van der Waals surface area contributed by atoms with Gasteiger partial charge in [-0.25, -0.2) is 0 Å². The summed E-state index contributed by atoms with van der Waals surface area (Å²) < 4.78 is 5.40. The van der Waals surface area contributed by atoms with Crippen LogP contribution in [-0.2, 0) is 9.53 Å². The van der Waals surface area contributed by atoms with Gasteiger partial charge in [0.2, 0.25) is 5.91 Å². The fraction of sp³-hybridized carbons (Fsp3) is 0.938. The van der Waals surface area contributed by atoms with Gasteiger partial charge in [0.15, 0.2) is 0 Å². The van der Waals surface area contributed by atoms with Crippen LogP contribution in [0.5, 0.6) is 0 Å². The molecule has 21 heavy (non-hydrogen) atoms. The van der Waals surface area contributed by atoms with Crippen LogP contribution in [0.4, 0.5) is 0 Å². The van der Waals surface area contributed by atoms with Gasteiger partial charge in [-0.1, -0.05) is 6.92 Å². The molecule has 0 aliphatic carbocycles. The monoisotopic (exact) mass is 295 g/mol. The molecule has 1 N–H and O–H groups in total. The van der Waals surface area contributed by atoms with Crippen molar-refractivity contribution in [1.82, 2.24) is 15.1 Å². The Morgan fingerprint density at radius 2 is 1.86 bits per heavy atom. The largest absolute Gasteiger partial charge is 0.379 e. The molecule has 2 atom stereocenters. The molecule has 0 radical (unpaired) electrons. The van der Waals surface area contributed by atoms with Crippen molar-refractivity contribution in [1.29, 1.82) is 0 Å². The third-order valence-corrected chi connectivity index (χ3v) is 5.38. The van der Waals surface area contributed by atoms with E-state index in [-0.39, 0.29) is 5.92 Å². The van der Waals surface area contributed by atoms with E-state index >= 15 is 0 Å². The highest BCUT2D eigenvalue weighted by molar-refractivity contribution is 5.79. The first-order valence-electron chi connectivity index (χ1n) is 8.53. The highest BCUT2D eigenvalue weighted by Crippen LogP contribution is 2.24. The van der Waals surface area contributed by atoms with Crippen LogP contribution < -0.4 is 5.32 Å². The summed E-state index contributed by atoms with van der Waals surface area (Å²) in [6, 6.07) is 0. The molecule has 3 aliphatic heterocycles. The van der Waals surface area contributed by atoms with Gasteiger partial charge >= 0.3 is 0 Å². The van der Waals surface area contributed by atoms with E-state index in [1.54, 1.807) is 0 Å². The van der Waals surface area contributed by atoms with Gasteiger partial charge in [0.25, 0.3) is 0 Å². The zero-order valence-corrected chi connectivity index (χ0v) is 13.2. The van der Waals surface area contributed by atoms with Gasteiger partial charge in [-0.2, -0.15) is 0 Å². The third kappa shape index (κ3) is 3.76. The minimum absolute atomic E-state index is 0.209. The molecule has 0 aromatic rings. The number of carbonyl (C=O) groups excluding carboxylic acids is 1. The van der Waals surface area contributed by atoms with Gasteiger partial charge in [0.1, 0.15) is 0 Å². The predicted molar refractivity (Wildman–Crippen MR) is 82.1 cm³/mol. The average molecular weight is 295 g/mol. The summed E-state index contributed by atoms with van der Waals surface area (Å²) in [6.07, 6.45) is 2.33. The molecule has 2 unspecified atom stereocenters. The SMILES string of the molecule is CC1CNCC1C(=O)N1CCC(CN2CCOCC2)CC1. The second-order valence-electron chi connectivity index (χ2n) is 6.92. The highest BCUT2D eigenvalue weighted by Gasteiger charge is 2.34. The number of nitrogens with one attached hydrogen (secondary N) is 1. The molecule has 5 nitrogen and oxygen atoms in total. The summed E-state index contributed by atoms with van der Waals surface area (Å²) in [6.45, 7) is 11.1. The van der Waals surface area contributed by atoms with E-state index in [1.165, 1.54) is 6.54 Å². The van der Waals surface area contributed by atoms with Crippen molar-refractivity contribution in [2.75, 3.05) is 59.0 Å². The lowest BCUT2D eigenvalue weighted by Crippen LogP contribution is -2.46. The van der Waals surface area contributed by atoms with E-state index in [1.807, 2.05) is 0 Å². The van der Waals surface area contributed by atoms with Gasteiger partial charge in [-0.15, -0.1) is 0 Å². The van der Waals surface area contributed by atoms with E-state index in [2.05, 4.69) is 22.0 Å². The number of hydrogen-bond donors (Lipinski definition) is 1. The standard InChI is InChI=1S/C16H29N3O2/c1-13-10-17-11-15(13)16(20)19-4-2-14(3-5-19)12-18-6-8-21-9-7-18/h13-15,17H,2-12H2,1H3. The van der Waals surface area contributed by atoms with Crippen LogP contribution in [0.2, 0.25) is 0 Å². The Balaban J connectivity index is 1.43. The Kier molecular flexibility index (Phi) is 5.14. The Hall–Kier alpha value is -0.650. The van der Waals surface area contributed by atoms with Crippen LogP contribution in [0, 0.1) is 17.8 Å². The number of carbonyl (C=O) groups is 1. The molecule has 120 valence electrons. The zero-order chi connectivity index (χ0) is 14.7. The molecule has 0 aromatic heterocycles. The maximum Gasteiger partial charge on any atom is 0.227 e. The Morgan fingerprint density at radius 3 is 2.48 bits per heavy atom. The van der Waals surface area contributed by atoms with Gasteiger partial charge < -0.3 is 15.0 Å². The Labute approximate surface area is 128 Å². The number of likely N-dealkylation sites (tertiary alicyclic amines) is 1. The normalized spacial score (nSPS) is 32.5. The third-order valence-electron chi connectivity index (χ3n) is 5.38. The van der Waals surface area contributed by atoms with Crippen molar-refractivity contribution in [3.63, 3.8) is 0 Å². The molecule has 0 aromatic carbocycles. The van der Waals surface area contributed by atoms with E-state index in [4.69, 9.17) is 4.74 Å². The topological polar surface area (TPSA) is 44.8 Å². The lowest BCUT2D eigenvalue weighted by atomic mass is 9.92. The Bertz CT molecular complexity index is 349. The zero-order valence-electron chi connectivity index (χ0n) is 13.2. The summed E-state index contributed by atoms with van der Waals surface area (Å²) >= 11 is 0. The van der Waals surface area contributed by atoms with Crippen molar-refractivity contribution in [2.45, 2.75) is 19.8 Å². The smallest absolute Gasteiger partial charge is 0.227 e. The fourth-order valence-electron chi connectivity index (χ4n) is 3.86. The van der Waals surface area contributed by atoms with Crippen molar-refractivity contribution in [3.8, 4) is 0 Å². The van der Waals surface area contributed by atoms with Crippen LogP contribution in [-0.4, -0.2) is 74.7 Å². The van der Waals surface area contributed by atoms with Crippen LogP contribution in [0.15, 0.2) is 0 Å². The first-order chi connectivity index (χ1) is 10.2. The molecule has 0 saturated carbocycles. The number of ether oxygens (including phenoxy) is 1. The van der Waals surface area contributed by atoms with Crippen molar-refractivity contribution in [3.05, 3.63) is 0 Å². The van der Waals surface area contributed by atoms with Crippen LogP contribution in [0.3, 0.4) is 0 Å². The van der Waals surface area contributed by atoms with Crippen molar-refractivity contribution < 1.29 is 9.53 Å². The minimum Gasteiger partial charge on any atom is -0.379 e. The average Bonchev–Trinajstić information content (AvgIpc) is 2.94. The van der Waals surface area contributed by atoms with Gasteiger partial charge in [-0.05, 0) is 31.2 Å². The fourth-order valence-corrected chi connectivity index (χ4v) is 3.86. The second-order valence-corrected chi connectivity index (χ2v) is 6.92. The minimum atomic E-state index is 0.209.